The molecule has 0 atom stereocenters. The van der Waals surface area contributed by atoms with Gasteiger partial charge in [0, 0.05) is 52.5 Å². The van der Waals surface area contributed by atoms with Crippen molar-refractivity contribution < 1.29 is 0 Å². The molecule has 0 saturated heterocycles. The molecular weight excluding hydrogens is 894 g/mol. The maximum Gasteiger partial charge on any atom is 0.0788 e. The van der Waals surface area contributed by atoms with Gasteiger partial charge in [0.1, 0.15) is 0 Å². The Hall–Kier alpha value is -5.86. The minimum Gasteiger partial charge on any atom is -0.399 e. The normalized spacial score (nSPS) is 10.7. The predicted molar refractivity (Wildman–Crippen MR) is 271 cm³/mol. The molecule has 8 heteroatoms. The average molecular weight is 934 g/mol. The summed E-state index contributed by atoms with van der Waals surface area (Å²) in [6.07, 6.45) is 0.806. The van der Waals surface area contributed by atoms with Gasteiger partial charge in [-0.15, -0.1) is 22.7 Å². The summed E-state index contributed by atoms with van der Waals surface area (Å²) in [6, 6.07) is 70.0. The number of fused-ring (bicyclic) bond motifs is 2. The van der Waals surface area contributed by atoms with E-state index in [0.29, 0.717) is 5.02 Å². The highest BCUT2D eigenvalue weighted by Crippen LogP contribution is 2.47. The van der Waals surface area contributed by atoms with Crippen molar-refractivity contribution in [3.05, 3.63) is 243 Å². The summed E-state index contributed by atoms with van der Waals surface area (Å²) in [7, 11) is 0. The minimum absolute atomic E-state index is 0.705. The number of nitrogens with zero attached hydrogens (tertiary/aromatic N) is 2. The van der Waals surface area contributed by atoms with Crippen molar-refractivity contribution >= 4 is 122 Å². The van der Waals surface area contributed by atoms with Crippen molar-refractivity contribution in [3.8, 4) is 0 Å². The smallest absolute Gasteiger partial charge is 0.0788 e. The molecule has 61 heavy (non-hydrogen) atoms. The molecule has 300 valence electrons. The van der Waals surface area contributed by atoms with Gasteiger partial charge in [-0.3, -0.25) is 0 Å². The predicted octanol–water partition coefficient (Wildman–Crippen LogP) is 17.7. The van der Waals surface area contributed by atoms with Crippen molar-refractivity contribution in [1.29, 1.82) is 0 Å². The van der Waals surface area contributed by atoms with Gasteiger partial charge < -0.3 is 15.5 Å². The van der Waals surface area contributed by atoms with E-state index < -0.39 is 0 Å². The first kappa shape index (κ1) is 41.9. The Balaban J connectivity index is 0.000000148. The lowest BCUT2D eigenvalue weighted by atomic mass is 10.0. The van der Waals surface area contributed by atoms with Crippen LogP contribution in [-0.4, -0.2) is 0 Å². The fraction of sp³-hybridized carbons (Fsp3) is 0.0189. The molecule has 0 aliphatic heterocycles. The number of para-hydroxylation sites is 3. The minimum atomic E-state index is 0.705. The summed E-state index contributed by atoms with van der Waals surface area (Å²) in [4.78, 5) is 4.49. The third-order valence-corrected chi connectivity index (χ3v) is 13.6. The summed E-state index contributed by atoms with van der Waals surface area (Å²) < 4.78 is 3.42. The van der Waals surface area contributed by atoms with E-state index in [-0.39, 0.29) is 0 Å². The summed E-state index contributed by atoms with van der Waals surface area (Å²) in [6.45, 7) is 0. The zero-order valence-corrected chi connectivity index (χ0v) is 37.6. The van der Waals surface area contributed by atoms with Crippen molar-refractivity contribution in [2.24, 2.45) is 0 Å². The average Bonchev–Trinajstić information content (AvgIpc) is 3.93. The second kappa shape index (κ2) is 20.1. The Labute approximate surface area is 383 Å². The monoisotopic (exact) mass is 931 g/mol. The van der Waals surface area contributed by atoms with Crippen LogP contribution in [0.2, 0.25) is 10.0 Å². The molecule has 0 saturated carbocycles. The molecule has 0 aliphatic carbocycles. The zero-order chi connectivity index (χ0) is 42.0. The Morgan fingerprint density at radius 3 is 1.34 bits per heavy atom. The number of hydrogen-bond acceptors (Lipinski definition) is 5. The van der Waals surface area contributed by atoms with Gasteiger partial charge >= 0.3 is 0 Å². The molecule has 10 rings (SSSR count). The molecule has 0 fully saturated rings. The molecule has 2 N–H and O–H groups in total. The quantitative estimate of drug-likeness (QED) is 0.154. The maximum atomic E-state index is 7.03. The van der Waals surface area contributed by atoms with Crippen LogP contribution >= 0.6 is 61.8 Å². The number of benzene rings is 8. The largest absolute Gasteiger partial charge is 0.399 e. The van der Waals surface area contributed by atoms with Crippen LogP contribution in [0.4, 0.5) is 39.8 Å². The highest BCUT2D eigenvalue weighted by Gasteiger charge is 2.21. The van der Waals surface area contributed by atoms with Gasteiger partial charge in [0.2, 0.25) is 0 Å². The zero-order valence-electron chi connectivity index (χ0n) is 32.9. The van der Waals surface area contributed by atoms with Crippen molar-refractivity contribution in [1.82, 2.24) is 0 Å². The lowest BCUT2D eigenvalue weighted by Crippen LogP contribution is -2.10. The lowest BCUT2D eigenvalue weighted by Gasteiger charge is -2.26. The molecule has 2 heterocycles. The van der Waals surface area contributed by atoms with E-state index in [1.54, 1.807) is 22.7 Å². The molecule has 0 bridgehead atoms. The Morgan fingerprint density at radius 1 is 0.426 bits per heavy atom. The first-order chi connectivity index (χ1) is 30.0. The van der Waals surface area contributed by atoms with Crippen molar-refractivity contribution in [2.45, 2.75) is 6.42 Å². The first-order valence-corrected chi connectivity index (χ1v) is 23.0. The molecule has 0 spiro atoms. The van der Waals surface area contributed by atoms with E-state index in [2.05, 4.69) is 164 Å². The fourth-order valence-corrected chi connectivity index (χ4v) is 9.75. The van der Waals surface area contributed by atoms with Crippen LogP contribution in [0.1, 0.15) is 11.1 Å². The molecule has 0 radical (unpaired) electrons. The summed E-state index contributed by atoms with van der Waals surface area (Å²) in [5.41, 5.74) is 15.0. The molecule has 10 aromatic rings. The van der Waals surface area contributed by atoms with Crippen LogP contribution in [0.5, 0.6) is 0 Å². The molecule has 0 aliphatic rings. The fourth-order valence-electron chi connectivity index (χ4n) is 7.05. The Morgan fingerprint density at radius 2 is 0.852 bits per heavy atom. The van der Waals surface area contributed by atoms with Crippen LogP contribution in [0.3, 0.4) is 0 Å². The van der Waals surface area contributed by atoms with Gasteiger partial charge in [0.15, 0.2) is 0 Å². The van der Waals surface area contributed by atoms with Crippen molar-refractivity contribution in [3.63, 3.8) is 0 Å². The SMILES string of the molecule is Clc1c(Br)cccc1N(c1ccccc1)c1csc2ccccc12.Clc1c(Cc2ccccc2)cccc1N(c1ccccc1)c1csc2ccccc12.Nc1ccccc1. The van der Waals surface area contributed by atoms with Gasteiger partial charge in [0.05, 0.1) is 32.8 Å². The number of nitrogen functional groups attached to an aromatic ring is 1. The Bertz CT molecular complexity index is 2960. The van der Waals surface area contributed by atoms with Gasteiger partial charge in [-0.1, -0.05) is 163 Å². The molecule has 0 amide bonds. The molecular formula is C53H40BrCl2N3S2. The van der Waals surface area contributed by atoms with Gasteiger partial charge in [0.25, 0.3) is 0 Å². The molecule has 0 unspecified atom stereocenters. The van der Waals surface area contributed by atoms with Gasteiger partial charge in [-0.05, 0) is 100 Å². The van der Waals surface area contributed by atoms with Crippen LogP contribution in [-0.2, 0) is 6.42 Å². The maximum absolute atomic E-state index is 7.03. The third-order valence-electron chi connectivity index (χ3n) is 9.94. The van der Waals surface area contributed by atoms with E-state index in [9.17, 15) is 0 Å². The summed E-state index contributed by atoms with van der Waals surface area (Å²) in [5, 5.41) is 8.36. The van der Waals surface area contributed by atoms with E-state index >= 15 is 0 Å². The van der Waals surface area contributed by atoms with Crippen molar-refractivity contribution in [2.75, 3.05) is 15.5 Å². The number of nitrogens with two attached hydrogens (primary N) is 1. The third kappa shape index (κ3) is 9.87. The lowest BCUT2D eigenvalue weighted by molar-refractivity contribution is 1.18. The second-order valence-electron chi connectivity index (χ2n) is 14.0. The van der Waals surface area contributed by atoms with Crippen LogP contribution < -0.4 is 15.5 Å². The summed E-state index contributed by atoms with van der Waals surface area (Å²) in [5.74, 6) is 0. The van der Waals surface area contributed by atoms with E-state index in [4.69, 9.17) is 28.9 Å². The number of anilines is 7. The van der Waals surface area contributed by atoms with Gasteiger partial charge in [-0.2, -0.15) is 0 Å². The number of hydrogen-bond donors (Lipinski definition) is 1. The van der Waals surface area contributed by atoms with Crippen LogP contribution in [0.15, 0.2) is 221 Å². The number of rotatable bonds is 8. The summed E-state index contributed by atoms with van der Waals surface area (Å²) >= 11 is 20.7. The molecule has 3 nitrogen and oxygen atoms in total. The molecule has 2 aromatic heterocycles. The van der Waals surface area contributed by atoms with Crippen LogP contribution in [0, 0.1) is 0 Å². The van der Waals surface area contributed by atoms with E-state index in [1.807, 2.05) is 78.9 Å². The second-order valence-corrected chi connectivity index (χ2v) is 17.4. The van der Waals surface area contributed by atoms with E-state index in [1.165, 1.54) is 25.7 Å². The van der Waals surface area contributed by atoms with E-state index in [0.717, 1.165) is 61.3 Å². The standard InChI is InChI=1S/C27H20ClNS.C20H13BrClNS.C6H7N/c28-27-21(18-20-10-3-1-4-11-20)12-9-16-24(27)29(22-13-5-2-6-14-22)25-19-30-26-17-8-7-15-23(25)26;21-16-10-6-11-17(20(16)22)23(14-7-2-1-3-8-14)18-13-24-19-12-5-4-9-15(18)19;7-6-4-2-1-3-5-6/h1-17,19H,18H2;1-13H;1-5H,7H2. The van der Waals surface area contributed by atoms with Crippen LogP contribution in [0.25, 0.3) is 20.2 Å². The Kier molecular flexibility index (Phi) is 13.8. The first-order valence-electron chi connectivity index (χ1n) is 19.6. The van der Waals surface area contributed by atoms with Gasteiger partial charge in [-0.25, -0.2) is 0 Å². The highest BCUT2D eigenvalue weighted by atomic mass is 79.9. The number of thiophene rings is 2. The molecule has 8 aromatic carbocycles. The highest BCUT2D eigenvalue weighted by molar-refractivity contribution is 9.10. The topological polar surface area (TPSA) is 32.5 Å². The number of halogens is 3.